The first-order valence-corrected chi connectivity index (χ1v) is 7.12. The van der Waals surface area contributed by atoms with Crippen LogP contribution in [0.3, 0.4) is 0 Å². The molecule has 0 saturated carbocycles. The number of nitro benzene ring substituents is 1. The van der Waals surface area contributed by atoms with E-state index in [1.165, 1.54) is 12.1 Å². The Morgan fingerprint density at radius 1 is 1.12 bits per heavy atom. The largest absolute Gasteiger partial charge is 0.341 e. The molecule has 2 aromatic rings. The molecule has 1 aliphatic heterocycles. The summed E-state index contributed by atoms with van der Waals surface area (Å²) in [6.07, 6.45) is 0. The van der Waals surface area contributed by atoms with Gasteiger partial charge >= 0.3 is 6.03 Å². The highest BCUT2D eigenvalue weighted by atomic mass is 16.6. The Kier molecular flexibility index (Phi) is 3.78. The van der Waals surface area contributed by atoms with Gasteiger partial charge < -0.3 is 21.3 Å². The molecular formula is C16H15N5O3. The summed E-state index contributed by atoms with van der Waals surface area (Å²) in [7, 11) is 0. The fourth-order valence-corrected chi connectivity index (χ4v) is 2.33. The Labute approximate surface area is 137 Å². The molecule has 2 aromatic carbocycles. The lowest BCUT2D eigenvalue weighted by Gasteiger charge is -2.10. The van der Waals surface area contributed by atoms with Crippen molar-refractivity contribution in [3.8, 4) is 0 Å². The van der Waals surface area contributed by atoms with Gasteiger partial charge in [-0.25, -0.2) is 4.79 Å². The van der Waals surface area contributed by atoms with Crippen LogP contribution in [-0.4, -0.2) is 11.0 Å². The SMILES string of the molecule is C=C1Nc2ccc(NC(=O)Nc3cc([N+](=O)[O-])ccc3C)cc2N1. The maximum atomic E-state index is 12.1. The Balaban J connectivity index is 1.73. The fourth-order valence-electron chi connectivity index (χ4n) is 2.33. The summed E-state index contributed by atoms with van der Waals surface area (Å²) in [6.45, 7) is 5.53. The van der Waals surface area contributed by atoms with Crippen molar-refractivity contribution in [3.63, 3.8) is 0 Å². The topological polar surface area (TPSA) is 108 Å². The van der Waals surface area contributed by atoms with E-state index in [-0.39, 0.29) is 5.69 Å². The lowest BCUT2D eigenvalue weighted by atomic mass is 10.2. The van der Waals surface area contributed by atoms with Gasteiger partial charge in [0.25, 0.3) is 5.69 Å². The van der Waals surface area contributed by atoms with Crippen LogP contribution in [0.5, 0.6) is 0 Å². The number of urea groups is 1. The van der Waals surface area contributed by atoms with Crippen LogP contribution < -0.4 is 21.3 Å². The molecule has 0 aliphatic carbocycles. The van der Waals surface area contributed by atoms with Gasteiger partial charge in [0.15, 0.2) is 0 Å². The van der Waals surface area contributed by atoms with Gasteiger partial charge in [0, 0.05) is 17.8 Å². The summed E-state index contributed by atoms with van der Waals surface area (Å²) in [5.41, 5.74) is 3.30. The number of non-ortho nitro benzene ring substituents is 1. The highest BCUT2D eigenvalue weighted by Crippen LogP contribution is 2.32. The number of anilines is 4. The predicted octanol–water partition coefficient (Wildman–Crippen LogP) is 3.86. The number of hydrogen-bond donors (Lipinski definition) is 4. The van der Waals surface area contributed by atoms with Crippen LogP contribution in [0.4, 0.5) is 33.2 Å². The van der Waals surface area contributed by atoms with E-state index in [1.807, 2.05) is 6.07 Å². The summed E-state index contributed by atoms with van der Waals surface area (Å²) >= 11 is 0. The number of nitrogens with zero attached hydrogens (tertiary/aromatic N) is 1. The number of nitrogens with one attached hydrogen (secondary N) is 4. The van der Waals surface area contributed by atoms with Crippen LogP contribution in [0.25, 0.3) is 0 Å². The molecule has 0 bridgehead atoms. The van der Waals surface area contributed by atoms with Crippen LogP contribution in [0, 0.1) is 17.0 Å². The zero-order chi connectivity index (χ0) is 17.3. The Bertz CT molecular complexity index is 863. The molecule has 4 N–H and O–H groups in total. The van der Waals surface area contributed by atoms with Gasteiger partial charge in [-0.1, -0.05) is 12.6 Å². The third-order valence-corrected chi connectivity index (χ3v) is 3.53. The summed E-state index contributed by atoms with van der Waals surface area (Å²) in [6, 6.07) is 9.14. The molecule has 0 unspecified atom stereocenters. The molecule has 24 heavy (non-hydrogen) atoms. The lowest BCUT2D eigenvalue weighted by Crippen LogP contribution is -2.20. The van der Waals surface area contributed by atoms with Gasteiger partial charge in [0.1, 0.15) is 5.82 Å². The number of amides is 2. The van der Waals surface area contributed by atoms with E-state index in [1.54, 1.807) is 25.1 Å². The Hall–Kier alpha value is -3.55. The second-order valence-corrected chi connectivity index (χ2v) is 5.32. The number of fused-ring (bicyclic) bond motifs is 1. The van der Waals surface area contributed by atoms with Crippen LogP contribution >= 0.6 is 0 Å². The quantitative estimate of drug-likeness (QED) is 0.506. The molecule has 1 aliphatic rings. The van der Waals surface area contributed by atoms with Gasteiger partial charge in [-0.05, 0) is 30.7 Å². The molecule has 0 radical (unpaired) electrons. The maximum Gasteiger partial charge on any atom is 0.323 e. The number of aryl methyl sites for hydroxylation is 1. The van der Waals surface area contributed by atoms with Crippen molar-refractivity contribution in [2.75, 3.05) is 21.3 Å². The van der Waals surface area contributed by atoms with E-state index in [0.29, 0.717) is 17.2 Å². The van der Waals surface area contributed by atoms with E-state index in [9.17, 15) is 14.9 Å². The van der Waals surface area contributed by atoms with Crippen molar-refractivity contribution in [2.45, 2.75) is 6.92 Å². The van der Waals surface area contributed by atoms with Crippen molar-refractivity contribution in [2.24, 2.45) is 0 Å². The first kappa shape index (κ1) is 15.3. The number of carbonyl (C=O) groups is 1. The zero-order valence-electron chi connectivity index (χ0n) is 12.8. The van der Waals surface area contributed by atoms with Crippen molar-refractivity contribution in [1.82, 2.24) is 0 Å². The molecule has 0 spiro atoms. The summed E-state index contributed by atoms with van der Waals surface area (Å²) in [5, 5.41) is 22.2. The predicted molar refractivity (Wildman–Crippen MR) is 93.3 cm³/mol. The van der Waals surface area contributed by atoms with E-state index >= 15 is 0 Å². The molecule has 0 fully saturated rings. The second kappa shape index (κ2) is 5.92. The van der Waals surface area contributed by atoms with E-state index in [2.05, 4.69) is 27.8 Å². The fraction of sp³-hybridized carbons (Fsp3) is 0.0625. The third kappa shape index (κ3) is 3.12. The van der Waals surface area contributed by atoms with Crippen molar-refractivity contribution in [3.05, 3.63) is 64.5 Å². The molecule has 3 rings (SSSR count). The minimum atomic E-state index is -0.505. The molecule has 2 amide bonds. The van der Waals surface area contributed by atoms with Crippen LogP contribution in [-0.2, 0) is 0 Å². The number of carbonyl (C=O) groups excluding carboxylic acids is 1. The van der Waals surface area contributed by atoms with Crippen molar-refractivity contribution < 1.29 is 9.72 Å². The highest BCUT2D eigenvalue weighted by molar-refractivity contribution is 6.01. The number of rotatable bonds is 3. The molecule has 0 saturated heterocycles. The number of hydrogen-bond acceptors (Lipinski definition) is 5. The lowest BCUT2D eigenvalue weighted by molar-refractivity contribution is -0.384. The maximum absolute atomic E-state index is 12.1. The summed E-state index contributed by atoms with van der Waals surface area (Å²) in [4.78, 5) is 22.5. The Morgan fingerprint density at radius 3 is 2.62 bits per heavy atom. The first-order valence-electron chi connectivity index (χ1n) is 7.12. The van der Waals surface area contributed by atoms with Gasteiger partial charge in [0.05, 0.1) is 22.0 Å². The van der Waals surface area contributed by atoms with Gasteiger partial charge in [-0.3, -0.25) is 10.1 Å². The van der Waals surface area contributed by atoms with E-state index in [4.69, 9.17) is 0 Å². The minimum Gasteiger partial charge on any atom is -0.341 e. The molecule has 1 heterocycles. The van der Waals surface area contributed by atoms with Gasteiger partial charge in [0.2, 0.25) is 0 Å². The first-order chi connectivity index (χ1) is 11.4. The zero-order valence-corrected chi connectivity index (χ0v) is 12.8. The van der Waals surface area contributed by atoms with Gasteiger partial charge in [-0.15, -0.1) is 0 Å². The molecule has 122 valence electrons. The normalized spacial score (nSPS) is 12.0. The smallest absolute Gasteiger partial charge is 0.323 e. The molecule has 8 heteroatoms. The van der Waals surface area contributed by atoms with Crippen LogP contribution in [0.15, 0.2) is 48.8 Å². The van der Waals surface area contributed by atoms with E-state index < -0.39 is 11.0 Å². The average Bonchev–Trinajstić information content (AvgIpc) is 2.88. The Morgan fingerprint density at radius 2 is 1.88 bits per heavy atom. The molecule has 0 atom stereocenters. The monoisotopic (exact) mass is 325 g/mol. The summed E-state index contributed by atoms with van der Waals surface area (Å²) < 4.78 is 0. The second-order valence-electron chi connectivity index (χ2n) is 5.32. The van der Waals surface area contributed by atoms with Crippen LogP contribution in [0.2, 0.25) is 0 Å². The van der Waals surface area contributed by atoms with Gasteiger partial charge in [-0.2, -0.15) is 0 Å². The third-order valence-electron chi connectivity index (χ3n) is 3.53. The number of benzene rings is 2. The molecule has 8 nitrogen and oxygen atoms in total. The standard InChI is InChI=1S/C16H15N5O3/c1-9-3-5-12(21(23)24)8-14(9)20-16(22)19-11-4-6-13-15(7-11)18-10(2)17-13/h3-8,17-18H,2H2,1H3,(H2,19,20,22). The molecule has 0 aromatic heterocycles. The summed E-state index contributed by atoms with van der Waals surface area (Å²) in [5.74, 6) is 0.666. The highest BCUT2D eigenvalue weighted by Gasteiger charge is 2.14. The minimum absolute atomic E-state index is 0.0813. The van der Waals surface area contributed by atoms with Crippen molar-refractivity contribution in [1.29, 1.82) is 0 Å². The number of nitro groups is 1. The molecular weight excluding hydrogens is 310 g/mol. The van der Waals surface area contributed by atoms with E-state index in [0.717, 1.165) is 16.9 Å². The average molecular weight is 325 g/mol. The van der Waals surface area contributed by atoms with Crippen molar-refractivity contribution >= 4 is 34.5 Å². The van der Waals surface area contributed by atoms with Crippen LogP contribution in [0.1, 0.15) is 5.56 Å².